The molecule has 114 valence electrons. The van der Waals surface area contributed by atoms with Gasteiger partial charge in [-0.2, -0.15) is 4.98 Å². The third-order valence-corrected chi connectivity index (χ3v) is 4.96. The molecule has 2 aromatic heterocycles. The third kappa shape index (κ3) is 3.38. The van der Waals surface area contributed by atoms with Gasteiger partial charge >= 0.3 is 0 Å². The number of Topliss-reactive ketones (excluding diaryl/α,β-unsaturated/α-hetero) is 1. The highest BCUT2D eigenvalue weighted by Crippen LogP contribution is 2.42. The van der Waals surface area contributed by atoms with Gasteiger partial charge in [-0.25, -0.2) is 0 Å². The van der Waals surface area contributed by atoms with Crippen LogP contribution in [-0.4, -0.2) is 22.2 Å². The van der Waals surface area contributed by atoms with E-state index < -0.39 is 0 Å². The molecule has 0 atom stereocenters. The van der Waals surface area contributed by atoms with Crippen molar-refractivity contribution in [1.82, 2.24) is 10.1 Å². The van der Waals surface area contributed by atoms with Crippen LogP contribution >= 0.6 is 23.1 Å². The van der Waals surface area contributed by atoms with Gasteiger partial charge in [0.1, 0.15) is 5.00 Å². The van der Waals surface area contributed by atoms with Gasteiger partial charge in [0.25, 0.3) is 0 Å². The zero-order chi connectivity index (χ0) is 15.6. The van der Waals surface area contributed by atoms with Gasteiger partial charge in [-0.1, -0.05) is 19.0 Å². The zero-order valence-corrected chi connectivity index (χ0v) is 14.0. The summed E-state index contributed by atoms with van der Waals surface area (Å²) in [5.74, 6) is 1.09. The lowest BCUT2D eigenvalue weighted by Gasteiger charge is -2.03. The maximum atomic E-state index is 12.2. The monoisotopic (exact) mass is 326 g/mol. The number of aryl methyl sites for hydroxylation is 1. The van der Waals surface area contributed by atoms with Crippen LogP contribution in [0.3, 0.4) is 0 Å². The minimum Gasteiger partial charge on any atom is -0.396 e. The molecule has 8 heteroatoms. The minimum absolute atomic E-state index is 0.0643. The predicted octanol–water partition coefficient (Wildman–Crippen LogP) is 3.19. The van der Waals surface area contributed by atoms with Crippen molar-refractivity contribution in [3.8, 4) is 0 Å². The Balaban J connectivity index is 2.22. The second kappa shape index (κ2) is 6.48. The van der Waals surface area contributed by atoms with E-state index in [2.05, 4.69) is 15.5 Å². The Labute approximate surface area is 131 Å². The first-order chi connectivity index (χ1) is 9.93. The number of nitrogen functional groups attached to an aromatic ring is 1. The van der Waals surface area contributed by atoms with Gasteiger partial charge in [-0.15, -0.1) is 23.1 Å². The number of anilines is 2. The van der Waals surface area contributed by atoms with Crippen LogP contribution in [0.15, 0.2) is 9.42 Å². The predicted molar refractivity (Wildman–Crippen MR) is 86.0 cm³/mol. The van der Waals surface area contributed by atoms with Crippen molar-refractivity contribution in [3.63, 3.8) is 0 Å². The molecule has 0 aliphatic carbocycles. The van der Waals surface area contributed by atoms with Crippen molar-refractivity contribution in [2.45, 2.75) is 32.2 Å². The Kier molecular flexibility index (Phi) is 4.89. The summed E-state index contributed by atoms with van der Waals surface area (Å²) in [6.07, 6.45) is 1.93. The molecule has 0 aromatic carbocycles. The number of thioether (sulfide) groups is 1. The largest absolute Gasteiger partial charge is 0.396 e. The molecule has 0 unspecified atom stereocenters. The van der Waals surface area contributed by atoms with Crippen LogP contribution in [0.5, 0.6) is 0 Å². The van der Waals surface area contributed by atoms with E-state index in [9.17, 15) is 4.79 Å². The molecule has 0 spiro atoms. The van der Waals surface area contributed by atoms with Gasteiger partial charge in [-0.05, 0) is 13.2 Å². The standard InChI is InChI=1S/C13H18N4O2S2/c1-6(2)10(18)11-9(14)12(20-4)13(21-11)15-5-8-16-7(3)17-19-8/h6,15H,5,14H2,1-4H3. The molecule has 3 N–H and O–H groups in total. The highest BCUT2D eigenvalue weighted by atomic mass is 32.2. The number of aromatic nitrogens is 2. The Morgan fingerprint density at radius 3 is 2.76 bits per heavy atom. The summed E-state index contributed by atoms with van der Waals surface area (Å²) < 4.78 is 5.06. The van der Waals surface area contributed by atoms with Crippen molar-refractivity contribution in [2.24, 2.45) is 5.92 Å². The fraction of sp³-hybridized carbons (Fsp3) is 0.462. The second-order valence-corrected chi connectivity index (χ2v) is 6.65. The highest BCUT2D eigenvalue weighted by Gasteiger charge is 2.22. The zero-order valence-electron chi connectivity index (χ0n) is 12.4. The molecule has 2 aromatic rings. The molecule has 0 saturated heterocycles. The molecule has 0 aliphatic heterocycles. The van der Waals surface area contributed by atoms with Gasteiger partial charge in [0.05, 0.1) is 22.0 Å². The first-order valence-electron chi connectivity index (χ1n) is 6.47. The number of ketones is 1. The van der Waals surface area contributed by atoms with Crippen LogP contribution in [0.1, 0.15) is 35.2 Å². The maximum Gasteiger partial charge on any atom is 0.245 e. The van der Waals surface area contributed by atoms with Gasteiger partial charge in [-0.3, -0.25) is 4.79 Å². The number of thiophene rings is 1. The molecule has 2 heterocycles. The Bertz CT molecular complexity index is 649. The lowest BCUT2D eigenvalue weighted by atomic mass is 10.1. The topological polar surface area (TPSA) is 94.0 Å². The van der Waals surface area contributed by atoms with Gasteiger partial charge in [0.2, 0.25) is 5.89 Å². The Morgan fingerprint density at radius 2 is 2.24 bits per heavy atom. The molecular weight excluding hydrogens is 308 g/mol. The van der Waals surface area contributed by atoms with Gasteiger partial charge in [0, 0.05) is 5.92 Å². The fourth-order valence-corrected chi connectivity index (χ4v) is 3.88. The summed E-state index contributed by atoms with van der Waals surface area (Å²) in [5, 5.41) is 7.82. The molecule has 2 rings (SSSR count). The van der Waals surface area contributed by atoms with Crippen LogP contribution in [-0.2, 0) is 6.54 Å². The lowest BCUT2D eigenvalue weighted by Crippen LogP contribution is -2.07. The average molecular weight is 326 g/mol. The number of hydrogen-bond acceptors (Lipinski definition) is 8. The molecule has 0 saturated carbocycles. The minimum atomic E-state index is -0.0768. The van der Waals surface area contributed by atoms with Crippen molar-refractivity contribution in [1.29, 1.82) is 0 Å². The van der Waals surface area contributed by atoms with E-state index in [0.29, 0.717) is 28.8 Å². The molecule has 21 heavy (non-hydrogen) atoms. The number of rotatable bonds is 6. The number of nitrogens with two attached hydrogens (primary N) is 1. The first-order valence-corrected chi connectivity index (χ1v) is 8.51. The van der Waals surface area contributed by atoms with Crippen molar-refractivity contribution >= 4 is 39.6 Å². The maximum absolute atomic E-state index is 12.2. The lowest BCUT2D eigenvalue weighted by molar-refractivity contribution is 0.0944. The Morgan fingerprint density at radius 1 is 1.52 bits per heavy atom. The van der Waals surface area contributed by atoms with Gasteiger partial charge in [0.15, 0.2) is 11.6 Å². The molecular formula is C13H18N4O2S2. The van der Waals surface area contributed by atoms with Crippen LogP contribution in [0.2, 0.25) is 0 Å². The van der Waals surface area contributed by atoms with Crippen LogP contribution < -0.4 is 11.1 Å². The molecule has 0 amide bonds. The van der Waals surface area contributed by atoms with Crippen molar-refractivity contribution < 1.29 is 9.32 Å². The van der Waals surface area contributed by atoms with Crippen molar-refractivity contribution in [2.75, 3.05) is 17.3 Å². The molecule has 6 nitrogen and oxygen atoms in total. The van der Waals surface area contributed by atoms with Crippen LogP contribution in [0.25, 0.3) is 0 Å². The number of carbonyl (C=O) groups excluding carboxylic acids is 1. The molecule has 0 aliphatic rings. The number of hydrogen-bond donors (Lipinski definition) is 2. The Hall–Kier alpha value is -1.54. The first kappa shape index (κ1) is 15.8. The number of nitrogens with one attached hydrogen (secondary N) is 1. The summed E-state index contributed by atoms with van der Waals surface area (Å²) in [4.78, 5) is 17.8. The highest BCUT2D eigenvalue weighted by molar-refractivity contribution is 7.99. The van der Waals surface area contributed by atoms with E-state index in [4.69, 9.17) is 10.3 Å². The summed E-state index contributed by atoms with van der Waals surface area (Å²) in [7, 11) is 0. The van der Waals surface area contributed by atoms with E-state index in [1.165, 1.54) is 23.1 Å². The summed E-state index contributed by atoms with van der Waals surface area (Å²) in [6.45, 7) is 5.91. The quantitative estimate of drug-likeness (QED) is 0.622. The van der Waals surface area contributed by atoms with E-state index in [0.717, 1.165) is 9.90 Å². The fourth-order valence-electron chi connectivity index (χ4n) is 1.76. The number of carbonyl (C=O) groups is 1. The molecule has 0 bridgehead atoms. The van der Waals surface area contributed by atoms with Gasteiger partial charge < -0.3 is 15.6 Å². The summed E-state index contributed by atoms with van der Waals surface area (Å²) >= 11 is 2.89. The summed E-state index contributed by atoms with van der Waals surface area (Å²) in [5.41, 5.74) is 6.66. The van der Waals surface area contributed by atoms with Crippen LogP contribution in [0.4, 0.5) is 10.7 Å². The van der Waals surface area contributed by atoms with Crippen LogP contribution in [0, 0.1) is 12.8 Å². The van der Waals surface area contributed by atoms with Crippen molar-refractivity contribution in [3.05, 3.63) is 16.6 Å². The number of nitrogens with zero attached hydrogens (tertiary/aromatic N) is 2. The van der Waals surface area contributed by atoms with E-state index in [1.807, 2.05) is 20.1 Å². The smallest absolute Gasteiger partial charge is 0.245 e. The normalized spacial score (nSPS) is 11.1. The SMILES string of the molecule is CSc1c(NCc2nc(C)no2)sc(C(=O)C(C)C)c1N. The second-order valence-electron chi connectivity index (χ2n) is 4.82. The molecule has 0 fully saturated rings. The molecule has 0 radical (unpaired) electrons. The summed E-state index contributed by atoms with van der Waals surface area (Å²) in [6, 6.07) is 0. The van der Waals surface area contributed by atoms with E-state index in [1.54, 1.807) is 6.92 Å². The average Bonchev–Trinajstić information content (AvgIpc) is 2.99. The van der Waals surface area contributed by atoms with E-state index in [-0.39, 0.29) is 11.7 Å². The third-order valence-electron chi connectivity index (χ3n) is 2.82. The van der Waals surface area contributed by atoms with E-state index >= 15 is 0 Å².